The highest BCUT2D eigenvalue weighted by molar-refractivity contribution is 5.94. The van der Waals surface area contributed by atoms with Crippen LogP contribution < -0.4 is 5.32 Å². The van der Waals surface area contributed by atoms with Crippen LogP contribution in [0.5, 0.6) is 0 Å². The average Bonchev–Trinajstić information content (AvgIpc) is 2.83. The first-order chi connectivity index (χ1) is 18.5. The zero-order valence-electron chi connectivity index (χ0n) is 27.7. The zero-order valence-corrected chi connectivity index (χ0v) is 27.7. The zero-order chi connectivity index (χ0) is 32.1. The summed E-state index contributed by atoms with van der Waals surface area (Å²) in [6.45, 7) is 22.0. The first kappa shape index (κ1) is 35.9. The van der Waals surface area contributed by atoms with Gasteiger partial charge in [-0.25, -0.2) is 4.79 Å². The maximum atomic E-state index is 14.2. The van der Waals surface area contributed by atoms with Gasteiger partial charge in [-0.3, -0.25) is 19.3 Å². The summed E-state index contributed by atoms with van der Waals surface area (Å²) >= 11 is 0. The van der Waals surface area contributed by atoms with Gasteiger partial charge in [-0.2, -0.15) is 0 Å². The molecule has 1 aromatic rings. The number of nitrogens with one attached hydrogen (secondary N) is 1. The second kappa shape index (κ2) is 13.7. The summed E-state index contributed by atoms with van der Waals surface area (Å²) in [4.78, 5) is 56.4. The molecule has 8 nitrogen and oxygen atoms in total. The van der Waals surface area contributed by atoms with Gasteiger partial charge in [-0.15, -0.1) is 0 Å². The Morgan fingerprint density at radius 3 is 1.78 bits per heavy atom. The molecule has 0 aliphatic carbocycles. The molecule has 0 aliphatic rings. The van der Waals surface area contributed by atoms with Gasteiger partial charge < -0.3 is 15.0 Å². The fraction of sp³-hybridized carbons (Fsp3) is 0.636. The van der Waals surface area contributed by atoms with Crippen molar-refractivity contribution in [3.8, 4) is 0 Å². The highest BCUT2D eigenvalue weighted by Crippen LogP contribution is 2.32. The molecular formula is C33H53N3O5. The first-order valence-corrected chi connectivity index (χ1v) is 14.3. The van der Waals surface area contributed by atoms with E-state index in [-0.39, 0.29) is 23.7 Å². The fourth-order valence-corrected chi connectivity index (χ4v) is 4.80. The molecule has 230 valence electrons. The summed E-state index contributed by atoms with van der Waals surface area (Å²) < 4.78 is 5.63. The van der Waals surface area contributed by atoms with Gasteiger partial charge in [0.05, 0.1) is 6.04 Å². The minimum absolute atomic E-state index is 0.0256. The molecule has 0 saturated carbocycles. The van der Waals surface area contributed by atoms with Gasteiger partial charge in [0.25, 0.3) is 0 Å². The van der Waals surface area contributed by atoms with Crippen LogP contribution in [0.1, 0.15) is 88.6 Å². The number of carbonyl (C=O) groups excluding carboxylic acids is 4. The van der Waals surface area contributed by atoms with E-state index < -0.39 is 40.5 Å². The standard InChI is InChI=1S/C33H53N3O5/c1-21(2)25(20-22(3)23(4)37)35(13)29(39)26(31(5,6)7)34-28(38)27(36(14)30(40)41-32(8,9)10)33(11,12)24-18-16-15-17-19-24/h15-21,25-27H,1-14H3,(H,34,38)/b22-20+. The Kier molecular flexibility index (Phi) is 12.0. The lowest BCUT2D eigenvalue weighted by molar-refractivity contribution is -0.141. The maximum absolute atomic E-state index is 14.2. The van der Waals surface area contributed by atoms with E-state index in [1.807, 2.05) is 84.9 Å². The van der Waals surface area contributed by atoms with Crippen molar-refractivity contribution in [1.82, 2.24) is 15.1 Å². The van der Waals surface area contributed by atoms with Crippen molar-refractivity contribution >= 4 is 23.7 Å². The van der Waals surface area contributed by atoms with E-state index in [0.717, 1.165) is 5.56 Å². The Balaban J connectivity index is 3.59. The van der Waals surface area contributed by atoms with Crippen molar-refractivity contribution < 1.29 is 23.9 Å². The Labute approximate surface area is 247 Å². The lowest BCUT2D eigenvalue weighted by Gasteiger charge is -2.42. The molecule has 0 aromatic heterocycles. The van der Waals surface area contributed by atoms with E-state index in [2.05, 4.69) is 5.32 Å². The van der Waals surface area contributed by atoms with Crippen LogP contribution in [-0.2, 0) is 24.5 Å². The predicted octanol–water partition coefficient (Wildman–Crippen LogP) is 5.75. The molecule has 0 heterocycles. The number of Topliss-reactive ketones (excluding diaryl/α,β-unsaturated/α-hetero) is 1. The van der Waals surface area contributed by atoms with E-state index in [4.69, 9.17) is 4.74 Å². The number of allylic oxidation sites excluding steroid dienone is 1. The number of ketones is 1. The number of amides is 3. The SMILES string of the molecule is CC(=O)/C(C)=C/C(C(C)C)N(C)C(=O)C(NC(=O)C(N(C)C(=O)OC(C)(C)C)C(C)(C)c1ccccc1)C(C)(C)C. The van der Waals surface area contributed by atoms with E-state index in [9.17, 15) is 19.2 Å². The topological polar surface area (TPSA) is 96.0 Å². The third kappa shape index (κ3) is 9.72. The molecule has 1 N–H and O–H groups in total. The van der Waals surface area contributed by atoms with Crippen molar-refractivity contribution in [3.63, 3.8) is 0 Å². The Morgan fingerprint density at radius 2 is 1.37 bits per heavy atom. The second-order valence-corrected chi connectivity index (χ2v) is 14.0. The minimum atomic E-state index is -0.997. The molecule has 1 rings (SSSR count). The number of likely N-dealkylation sites (N-methyl/N-ethyl adjacent to an activating group) is 2. The van der Waals surface area contributed by atoms with Crippen LogP contribution >= 0.6 is 0 Å². The molecule has 0 spiro atoms. The highest BCUT2D eigenvalue weighted by atomic mass is 16.6. The van der Waals surface area contributed by atoms with E-state index in [0.29, 0.717) is 5.57 Å². The second-order valence-electron chi connectivity index (χ2n) is 14.0. The van der Waals surface area contributed by atoms with Crippen molar-refractivity contribution in [2.45, 2.75) is 112 Å². The number of rotatable bonds is 10. The van der Waals surface area contributed by atoms with Gasteiger partial charge >= 0.3 is 6.09 Å². The van der Waals surface area contributed by atoms with Crippen molar-refractivity contribution in [2.75, 3.05) is 14.1 Å². The van der Waals surface area contributed by atoms with Crippen LogP contribution in [0.4, 0.5) is 4.79 Å². The Morgan fingerprint density at radius 1 is 0.854 bits per heavy atom. The van der Waals surface area contributed by atoms with Gasteiger partial charge in [-0.05, 0) is 57.1 Å². The predicted molar refractivity (Wildman–Crippen MR) is 164 cm³/mol. The van der Waals surface area contributed by atoms with Gasteiger partial charge in [0.1, 0.15) is 17.7 Å². The summed E-state index contributed by atoms with van der Waals surface area (Å²) in [5.41, 5.74) is -0.823. The lowest BCUT2D eigenvalue weighted by Crippen LogP contribution is -2.63. The van der Waals surface area contributed by atoms with Gasteiger partial charge in [-0.1, -0.05) is 84.9 Å². The molecule has 41 heavy (non-hydrogen) atoms. The van der Waals surface area contributed by atoms with Crippen LogP contribution in [0.3, 0.4) is 0 Å². The lowest BCUT2D eigenvalue weighted by atomic mass is 9.76. The third-order valence-electron chi connectivity index (χ3n) is 7.37. The fourth-order valence-electron chi connectivity index (χ4n) is 4.80. The van der Waals surface area contributed by atoms with Crippen molar-refractivity contribution in [1.29, 1.82) is 0 Å². The number of hydrogen-bond acceptors (Lipinski definition) is 5. The van der Waals surface area contributed by atoms with E-state index in [1.54, 1.807) is 46.7 Å². The number of hydrogen-bond donors (Lipinski definition) is 1. The molecule has 0 aliphatic heterocycles. The molecule has 0 bridgehead atoms. The summed E-state index contributed by atoms with van der Waals surface area (Å²) in [6.07, 6.45) is 1.17. The Bertz CT molecular complexity index is 1110. The van der Waals surface area contributed by atoms with Gasteiger partial charge in [0, 0.05) is 19.5 Å². The van der Waals surface area contributed by atoms with Crippen LogP contribution in [0.15, 0.2) is 42.0 Å². The Hall–Kier alpha value is -3.16. The summed E-state index contributed by atoms with van der Waals surface area (Å²) in [6, 6.07) is 7.24. The molecule has 3 amide bonds. The van der Waals surface area contributed by atoms with Crippen LogP contribution in [0.2, 0.25) is 0 Å². The molecule has 1 aromatic carbocycles. The van der Waals surface area contributed by atoms with Crippen LogP contribution in [-0.4, -0.2) is 71.3 Å². The summed E-state index contributed by atoms with van der Waals surface area (Å²) in [5, 5.41) is 3.01. The average molecular weight is 572 g/mol. The van der Waals surface area contributed by atoms with Gasteiger partial charge in [0.2, 0.25) is 11.8 Å². The summed E-state index contributed by atoms with van der Waals surface area (Å²) in [5.74, 6) is -0.787. The molecule has 3 atom stereocenters. The molecule has 0 radical (unpaired) electrons. The molecular weight excluding hydrogens is 518 g/mol. The number of nitrogens with zero attached hydrogens (tertiary/aromatic N) is 2. The highest BCUT2D eigenvalue weighted by Gasteiger charge is 2.45. The minimum Gasteiger partial charge on any atom is -0.444 e. The van der Waals surface area contributed by atoms with Crippen molar-refractivity contribution in [3.05, 3.63) is 47.5 Å². The number of carbonyl (C=O) groups is 4. The summed E-state index contributed by atoms with van der Waals surface area (Å²) in [7, 11) is 3.24. The van der Waals surface area contributed by atoms with E-state index in [1.165, 1.54) is 11.8 Å². The molecule has 3 unspecified atom stereocenters. The smallest absolute Gasteiger partial charge is 0.410 e. The third-order valence-corrected chi connectivity index (χ3v) is 7.37. The molecule has 0 fully saturated rings. The van der Waals surface area contributed by atoms with Crippen molar-refractivity contribution in [2.24, 2.45) is 11.3 Å². The monoisotopic (exact) mass is 571 g/mol. The first-order valence-electron chi connectivity index (χ1n) is 14.3. The quantitative estimate of drug-likeness (QED) is 0.361. The number of ether oxygens (including phenoxy) is 1. The molecule has 0 saturated heterocycles. The molecule has 8 heteroatoms. The maximum Gasteiger partial charge on any atom is 0.410 e. The van der Waals surface area contributed by atoms with Gasteiger partial charge in [0.15, 0.2) is 5.78 Å². The van der Waals surface area contributed by atoms with Crippen LogP contribution in [0.25, 0.3) is 0 Å². The van der Waals surface area contributed by atoms with Crippen LogP contribution in [0, 0.1) is 11.3 Å². The largest absolute Gasteiger partial charge is 0.444 e. The van der Waals surface area contributed by atoms with E-state index >= 15 is 0 Å². The number of benzene rings is 1. The normalized spacial score (nSPS) is 15.0.